The molecule has 3 aliphatic carbocycles. The first-order valence-electron chi connectivity index (χ1n) is 38.4. The lowest BCUT2D eigenvalue weighted by atomic mass is 9.54. The van der Waals surface area contributed by atoms with E-state index in [9.17, 15) is 43.2 Å². The van der Waals surface area contributed by atoms with Crippen molar-refractivity contribution in [1.29, 1.82) is 0 Å². The fourth-order valence-corrected chi connectivity index (χ4v) is 14.6. The summed E-state index contributed by atoms with van der Waals surface area (Å²) >= 11 is 0. The van der Waals surface area contributed by atoms with Gasteiger partial charge in [0.1, 0.15) is 52.5 Å². The van der Waals surface area contributed by atoms with Gasteiger partial charge in [-0.1, -0.05) is 45.1 Å². The quantitative estimate of drug-likeness (QED) is 0.0140. The van der Waals surface area contributed by atoms with Crippen LogP contribution in [0.1, 0.15) is 134 Å². The average Bonchev–Trinajstić information content (AvgIpc) is 1.68. The number of hydrogen-bond acceptors (Lipinski definition) is 23. The van der Waals surface area contributed by atoms with E-state index in [-0.39, 0.29) is 112 Å². The molecule has 5 aliphatic rings. The lowest BCUT2D eigenvalue weighted by Crippen LogP contribution is -2.70. The van der Waals surface area contributed by atoms with E-state index in [1.54, 1.807) is 77.4 Å². The Kier molecular flexibility index (Phi) is 30.1. The molecule has 14 N–H and O–H groups in total. The van der Waals surface area contributed by atoms with Crippen LogP contribution < -0.4 is 64.5 Å². The predicted octanol–water partition coefficient (Wildman–Crippen LogP) is 4.78. The number of anilines is 3. The van der Waals surface area contributed by atoms with Gasteiger partial charge in [0.05, 0.1) is 103 Å². The second-order valence-electron chi connectivity index (χ2n) is 29.6. The number of methoxy groups -OCH3 is 1. The van der Waals surface area contributed by atoms with Gasteiger partial charge in [-0.05, 0) is 131 Å². The van der Waals surface area contributed by atoms with Gasteiger partial charge in [0.2, 0.25) is 47.3 Å². The van der Waals surface area contributed by atoms with Crippen molar-refractivity contribution in [2.75, 3.05) is 135 Å². The summed E-state index contributed by atoms with van der Waals surface area (Å²) in [4.78, 5) is 138. The number of aromatic nitrogens is 6. The van der Waals surface area contributed by atoms with Crippen molar-refractivity contribution in [3.05, 3.63) is 94.8 Å². The number of fused-ring (bicyclic) bond motifs is 5. The van der Waals surface area contributed by atoms with Crippen LogP contribution in [0, 0.1) is 23.7 Å². The molecule has 5 fully saturated rings. The molecule has 2 saturated heterocycles. The van der Waals surface area contributed by atoms with E-state index in [4.69, 9.17) is 71.0 Å². The molecule has 3 saturated carbocycles. The van der Waals surface area contributed by atoms with Gasteiger partial charge in [-0.2, -0.15) is 5.10 Å². The summed E-state index contributed by atoms with van der Waals surface area (Å²) < 4.78 is 51.4. The molecule has 11 rings (SSSR count). The van der Waals surface area contributed by atoms with E-state index in [0.29, 0.717) is 148 Å². The van der Waals surface area contributed by atoms with Crippen molar-refractivity contribution in [2.24, 2.45) is 39.8 Å². The van der Waals surface area contributed by atoms with Crippen molar-refractivity contribution < 1.29 is 85.9 Å². The maximum Gasteiger partial charge on any atom is 0.410 e. The van der Waals surface area contributed by atoms with Gasteiger partial charge in [0.15, 0.2) is 0 Å². The maximum atomic E-state index is 14.6. The lowest BCUT2D eigenvalue weighted by molar-refractivity contribution is -0.179. The van der Waals surface area contributed by atoms with Crippen LogP contribution in [-0.4, -0.2) is 229 Å². The number of allylic oxidation sites excluding steroid dienone is 2. The Morgan fingerprint density at radius 1 is 0.681 bits per heavy atom. The van der Waals surface area contributed by atoms with Crippen LogP contribution in [0.3, 0.4) is 0 Å². The van der Waals surface area contributed by atoms with Crippen molar-refractivity contribution in [3.8, 4) is 11.5 Å². The Labute approximate surface area is 654 Å². The summed E-state index contributed by atoms with van der Waals surface area (Å²) in [7, 11) is 1.46. The van der Waals surface area contributed by atoms with Crippen LogP contribution in [0.5, 0.6) is 11.5 Å². The van der Waals surface area contributed by atoms with Crippen LogP contribution in [0.4, 0.5) is 27.2 Å². The number of nitrogens with one attached hydrogen (secondary N) is 6. The van der Waals surface area contributed by atoms with E-state index >= 15 is 0 Å². The average molecular weight is 1570 g/mol. The van der Waals surface area contributed by atoms with Crippen LogP contribution in [-0.2, 0) is 78.7 Å². The summed E-state index contributed by atoms with van der Waals surface area (Å²) in [6, 6.07) is 11.8. The first kappa shape index (κ1) is 85.1. The number of benzene rings is 3. The third-order valence-electron chi connectivity index (χ3n) is 20.9. The summed E-state index contributed by atoms with van der Waals surface area (Å²) in [5, 5.41) is 21.5. The SMILES string of the molecule is CCn1nc(C)cc1C(=O)Nc1nc2cc(C(N)=O)cc(OC)c2n1C/C=C/Cn1c(NC(=O)C23CCC(C)(CC2)CC3)nc2cc(C(N)=O)cc(OCCCN3CC4(C3)CN(C(=O)OCc3ccc(NC(=O)[C@H](CCCNC(N)=O)NC(=O)[C@@H](NC(=O)CCOCCOCCOCCOCCON)C(C)C)cc3)CCO4)c21. The number of amides is 10. The number of nitrogens with zero attached hydrogens (tertiary/aromatic N) is 8. The molecule has 2 atom stereocenters. The Hall–Kier alpha value is -10.3. The van der Waals surface area contributed by atoms with E-state index in [0.717, 1.165) is 38.5 Å². The summed E-state index contributed by atoms with van der Waals surface area (Å²) in [6.45, 7) is 15.8. The molecule has 36 nitrogen and oxygen atoms in total. The Bertz CT molecular complexity index is 4340. The highest BCUT2D eigenvalue weighted by Gasteiger charge is 2.51. The van der Waals surface area contributed by atoms with Crippen molar-refractivity contribution >= 4 is 93.1 Å². The molecule has 6 aromatic rings. The highest BCUT2D eigenvalue weighted by molar-refractivity contribution is 6.05. The minimum Gasteiger partial charge on any atom is -0.494 e. The number of primary amides is 3. The van der Waals surface area contributed by atoms with Crippen molar-refractivity contribution in [2.45, 2.75) is 143 Å². The second-order valence-corrected chi connectivity index (χ2v) is 29.6. The number of rotatable bonds is 44. The molecule has 5 heterocycles. The molecular weight excluding hydrogens is 1460 g/mol. The third kappa shape index (κ3) is 22.8. The molecule has 3 aromatic heterocycles. The number of urea groups is 1. The smallest absolute Gasteiger partial charge is 0.410 e. The van der Waals surface area contributed by atoms with Gasteiger partial charge < -0.3 is 95.2 Å². The van der Waals surface area contributed by atoms with Gasteiger partial charge in [0.25, 0.3) is 5.91 Å². The molecule has 36 heteroatoms. The number of imidazole rings is 2. The monoisotopic (exact) mass is 1570 g/mol. The Balaban J connectivity index is 0.724. The Morgan fingerprint density at radius 3 is 1.86 bits per heavy atom. The topological polar surface area (TPSA) is 473 Å². The second kappa shape index (κ2) is 39.9. The summed E-state index contributed by atoms with van der Waals surface area (Å²) in [5.41, 5.74) is 20.0. The van der Waals surface area contributed by atoms with E-state index < -0.39 is 70.7 Å². The fourth-order valence-electron chi connectivity index (χ4n) is 14.6. The number of carbonyl (C=O) groups excluding carboxylic acids is 9. The van der Waals surface area contributed by atoms with Crippen molar-refractivity contribution in [1.82, 2.24) is 54.6 Å². The fraction of sp³-hybridized carbons (Fsp3) is 0.558. The van der Waals surface area contributed by atoms with Gasteiger partial charge in [-0.15, -0.1) is 0 Å². The molecular formula is C77H108N18O18. The lowest BCUT2D eigenvalue weighted by Gasteiger charge is -2.53. The zero-order valence-corrected chi connectivity index (χ0v) is 65.2. The van der Waals surface area contributed by atoms with E-state index in [2.05, 4.69) is 53.7 Å². The first-order chi connectivity index (χ1) is 54.3. The number of nitrogens with two attached hydrogens (primary N) is 4. The number of hydrogen-bond donors (Lipinski definition) is 10. The normalized spacial score (nSPS) is 17.8. The number of likely N-dealkylation sites (tertiary alicyclic amines) is 1. The van der Waals surface area contributed by atoms with Gasteiger partial charge >= 0.3 is 12.1 Å². The summed E-state index contributed by atoms with van der Waals surface area (Å²) in [6.07, 6.45) is 9.23. The Morgan fingerprint density at radius 2 is 1.27 bits per heavy atom. The molecule has 0 unspecified atom stereocenters. The molecule has 3 aromatic carbocycles. The molecule has 10 amide bonds. The number of carbonyl (C=O) groups is 9. The van der Waals surface area contributed by atoms with Crippen LogP contribution in [0.15, 0.2) is 66.7 Å². The predicted molar refractivity (Wildman–Crippen MR) is 415 cm³/mol. The molecule has 0 radical (unpaired) electrons. The molecule has 614 valence electrons. The molecule has 2 aliphatic heterocycles. The summed E-state index contributed by atoms with van der Waals surface area (Å²) in [5.74, 6) is 2.10. The van der Waals surface area contributed by atoms with Gasteiger partial charge in [0, 0.05) is 81.0 Å². The van der Waals surface area contributed by atoms with Crippen LogP contribution >= 0.6 is 0 Å². The van der Waals surface area contributed by atoms with Gasteiger partial charge in [-0.3, -0.25) is 53.8 Å². The highest BCUT2D eigenvalue weighted by Crippen LogP contribution is 2.57. The molecule has 113 heavy (non-hydrogen) atoms. The number of ether oxygens (including phenoxy) is 8. The highest BCUT2D eigenvalue weighted by atomic mass is 16.6. The maximum absolute atomic E-state index is 14.6. The number of aryl methyl sites for hydroxylation is 2. The molecule has 1 spiro atoms. The largest absolute Gasteiger partial charge is 0.494 e. The number of morpholine rings is 1. The van der Waals surface area contributed by atoms with Crippen LogP contribution in [0.2, 0.25) is 0 Å². The minimum absolute atomic E-state index is 0.0293. The van der Waals surface area contributed by atoms with E-state index in [1.807, 2.05) is 23.6 Å². The third-order valence-corrected chi connectivity index (χ3v) is 20.9. The van der Waals surface area contributed by atoms with Crippen molar-refractivity contribution in [3.63, 3.8) is 0 Å². The first-order valence-corrected chi connectivity index (χ1v) is 38.4. The standard InChI is InChI=1S/C77H108N18O18/c1-7-95-58(40-50(4)90-95)68(100)88-72-85-56-41-52(65(78)97)43-59(105-6)63(56)93(72)26-8-9-27-94-64-57(86-73(94)89-70(102)76-21-18-75(5,19-22-76)20-23-76)42-53(66(79)98)44-60(64)110-29-11-25-91-46-77(47-91)48-92(28-31-112-77)74(104)111-45-51-13-15-54(16-14-51)83-67(99)55(12-10-24-82-71(80)103)84-69(101)62(49(2)3)87-61(96)17-30-106-32-33-107-34-35-108-36-37-109-38-39-113-81/h8-9,13-16,40-44,49,55,62H,7,10-12,17-39,45-48,81H2,1-6H3,(H2,78,97)(H2,79,98)(H,83,99)(H,84,101)(H,87,96)(H3,80,82,103)(H,85,88,100)(H,86,89,102)/b9-8+/t55-,62-,75?,76?/m0/s1. The zero-order valence-electron chi connectivity index (χ0n) is 65.2. The van der Waals surface area contributed by atoms with Crippen LogP contribution in [0.25, 0.3) is 22.1 Å². The zero-order chi connectivity index (χ0) is 80.8. The minimum atomic E-state index is -1.08. The molecule has 2 bridgehead atoms. The van der Waals surface area contributed by atoms with E-state index in [1.165, 1.54) is 19.2 Å². The van der Waals surface area contributed by atoms with Gasteiger partial charge in [-0.25, -0.2) is 25.5 Å².